The highest BCUT2D eigenvalue weighted by molar-refractivity contribution is 7.98. The minimum absolute atomic E-state index is 0.00560. The third kappa shape index (κ3) is 4.66. The lowest BCUT2D eigenvalue weighted by Crippen LogP contribution is -2.46. The molecule has 0 unspecified atom stereocenters. The number of carbonyl (C=O) groups excluding carboxylic acids is 1. The molecule has 2 saturated heterocycles. The molecule has 2 fully saturated rings. The Bertz CT molecular complexity index is 679. The largest absolute Gasteiger partial charge is 0.496 e. The topological polar surface area (TPSA) is 38.8 Å². The summed E-state index contributed by atoms with van der Waals surface area (Å²) in [5, 5.41) is 0. The quantitative estimate of drug-likeness (QED) is 0.503. The van der Waals surface area contributed by atoms with Crippen molar-refractivity contribution in [1.29, 1.82) is 0 Å². The fourth-order valence-corrected chi connectivity index (χ4v) is 4.84. The molecule has 8 heteroatoms. The SMILES string of the molecule is COc1cc(C(F)(F)F)cc(SC)c1C(=O)C[C@H]1CCOC[C@H]1N1CCCC1. The number of ketones is 1. The van der Waals surface area contributed by atoms with E-state index in [-0.39, 0.29) is 29.1 Å². The zero-order valence-electron chi connectivity index (χ0n) is 16.2. The molecule has 1 aromatic rings. The van der Waals surface area contributed by atoms with Gasteiger partial charge in [-0.3, -0.25) is 9.69 Å². The van der Waals surface area contributed by atoms with Crippen LogP contribution < -0.4 is 4.74 Å². The molecule has 0 bridgehead atoms. The molecule has 0 aliphatic carbocycles. The Hall–Kier alpha value is -1.25. The van der Waals surface area contributed by atoms with Gasteiger partial charge < -0.3 is 9.47 Å². The van der Waals surface area contributed by atoms with Crippen molar-refractivity contribution >= 4 is 17.5 Å². The third-order valence-corrected chi connectivity index (χ3v) is 6.40. The van der Waals surface area contributed by atoms with Gasteiger partial charge in [0.2, 0.25) is 0 Å². The van der Waals surface area contributed by atoms with Gasteiger partial charge in [-0.05, 0) is 56.7 Å². The third-order valence-electron chi connectivity index (χ3n) is 5.63. The Morgan fingerprint density at radius 3 is 2.64 bits per heavy atom. The molecule has 4 nitrogen and oxygen atoms in total. The summed E-state index contributed by atoms with van der Waals surface area (Å²) in [5.41, 5.74) is -0.541. The van der Waals surface area contributed by atoms with Gasteiger partial charge in [-0.2, -0.15) is 13.2 Å². The number of benzene rings is 1. The van der Waals surface area contributed by atoms with E-state index in [1.807, 2.05) is 0 Å². The number of rotatable bonds is 6. The van der Waals surface area contributed by atoms with Crippen molar-refractivity contribution in [1.82, 2.24) is 4.90 Å². The second-order valence-electron chi connectivity index (χ2n) is 7.31. The zero-order chi connectivity index (χ0) is 20.3. The van der Waals surface area contributed by atoms with Crippen molar-refractivity contribution < 1.29 is 27.4 Å². The number of likely N-dealkylation sites (tertiary alicyclic amines) is 1. The summed E-state index contributed by atoms with van der Waals surface area (Å²) in [7, 11) is 1.30. The predicted molar refractivity (Wildman–Crippen MR) is 102 cm³/mol. The van der Waals surface area contributed by atoms with Crippen LogP contribution in [0.15, 0.2) is 17.0 Å². The minimum Gasteiger partial charge on any atom is -0.496 e. The lowest BCUT2D eigenvalue weighted by Gasteiger charge is -2.37. The number of thioether (sulfide) groups is 1. The van der Waals surface area contributed by atoms with Gasteiger partial charge in [-0.25, -0.2) is 0 Å². The molecule has 0 N–H and O–H groups in total. The van der Waals surface area contributed by atoms with Crippen molar-refractivity contribution in [2.24, 2.45) is 5.92 Å². The van der Waals surface area contributed by atoms with Gasteiger partial charge in [-0.1, -0.05) is 0 Å². The number of hydrogen-bond donors (Lipinski definition) is 0. The highest BCUT2D eigenvalue weighted by Crippen LogP contribution is 2.39. The molecule has 0 amide bonds. The first kappa shape index (κ1) is 21.5. The van der Waals surface area contributed by atoms with E-state index in [0.717, 1.165) is 56.2 Å². The molecular weight excluding hydrogens is 391 g/mol. The lowest BCUT2D eigenvalue weighted by atomic mass is 9.87. The Morgan fingerprint density at radius 1 is 1.32 bits per heavy atom. The van der Waals surface area contributed by atoms with E-state index in [2.05, 4.69) is 4.90 Å². The van der Waals surface area contributed by atoms with E-state index in [1.54, 1.807) is 6.26 Å². The van der Waals surface area contributed by atoms with Crippen molar-refractivity contribution in [3.63, 3.8) is 0 Å². The maximum Gasteiger partial charge on any atom is 0.416 e. The molecule has 0 aromatic heterocycles. The molecule has 0 radical (unpaired) electrons. The van der Waals surface area contributed by atoms with Gasteiger partial charge in [0, 0.05) is 24.0 Å². The van der Waals surface area contributed by atoms with Gasteiger partial charge >= 0.3 is 6.18 Å². The van der Waals surface area contributed by atoms with Crippen molar-refractivity contribution in [2.75, 3.05) is 39.7 Å². The maximum absolute atomic E-state index is 13.2. The molecule has 0 saturated carbocycles. The zero-order valence-corrected chi connectivity index (χ0v) is 17.0. The van der Waals surface area contributed by atoms with Crippen LogP contribution in [0.2, 0.25) is 0 Å². The summed E-state index contributed by atoms with van der Waals surface area (Å²) in [6, 6.07) is 2.16. The van der Waals surface area contributed by atoms with Crippen LogP contribution in [-0.2, 0) is 10.9 Å². The van der Waals surface area contributed by atoms with E-state index in [4.69, 9.17) is 9.47 Å². The van der Waals surface area contributed by atoms with Gasteiger partial charge in [-0.15, -0.1) is 11.8 Å². The van der Waals surface area contributed by atoms with Crippen LogP contribution in [0.3, 0.4) is 0 Å². The number of methoxy groups -OCH3 is 1. The first-order chi connectivity index (χ1) is 13.3. The average molecular weight is 417 g/mol. The minimum atomic E-state index is -4.49. The molecule has 156 valence electrons. The van der Waals surface area contributed by atoms with Crippen molar-refractivity contribution in [3.05, 3.63) is 23.3 Å². The summed E-state index contributed by atoms with van der Waals surface area (Å²) in [6.07, 6.45) is 0.569. The lowest BCUT2D eigenvalue weighted by molar-refractivity contribution is -0.137. The van der Waals surface area contributed by atoms with Crippen LogP contribution >= 0.6 is 11.8 Å². The Kier molecular flexibility index (Phi) is 6.94. The van der Waals surface area contributed by atoms with Gasteiger partial charge in [0.25, 0.3) is 0 Å². The summed E-state index contributed by atoms with van der Waals surface area (Å²) in [4.78, 5) is 15.9. The normalized spacial score (nSPS) is 23.8. The molecule has 3 rings (SSSR count). The van der Waals surface area contributed by atoms with Crippen LogP contribution in [0.5, 0.6) is 5.75 Å². The standard InChI is InChI=1S/C20H26F3NO3S/c1-26-17-10-14(20(21,22)23)11-18(28-2)19(17)16(25)9-13-5-8-27-12-15(13)24-6-3-4-7-24/h10-11,13,15H,3-9,12H2,1-2H3/t13-,15-/m1/s1. The highest BCUT2D eigenvalue weighted by Gasteiger charge is 2.36. The predicted octanol–water partition coefficient (Wildman–Crippen LogP) is 4.51. The average Bonchev–Trinajstić information content (AvgIpc) is 3.21. The van der Waals surface area contributed by atoms with Crippen LogP contribution in [0.4, 0.5) is 13.2 Å². The number of Topliss-reactive ketones (excluding diaryl/α,β-unsaturated/α-hetero) is 1. The second kappa shape index (κ2) is 9.05. The van der Waals surface area contributed by atoms with Crippen molar-refractivity contribution in [3.8, 4) is 5.75 Å². The summed E-state index contributed by atoms with van der Waals surface area (Å²) in [5.74, 6) is -0.0268. The number of nitrogens with zero attached hydrogens (tertiary/aromatic N) is 1. The molecule has 0 spiro atoms. The summed E-state index contributed by atoms with van der Waals surface area (Å²) >= 11 is 1.14. The van der Waals surface area contributed by atoms with Crippen LogP contribution in [0.1, 0.15) is 41.6 Å². The number of alkyl halides is 3. The number of hydrogen-bond acceptors (Lipinski definition) is 5. The van der Waals surface area contributed by atoms with Gasteiger partial charge in [0.1, 0.15) is 5.75 Å². The van der Waals surface area contributed by atoms with Crippen LogP contribution in [0.25, 0.3) is 0 Å². The smallest absolute Gasteiger partial charge is 0.416 e. The Labute approximate surface area is 167 Å². The summed E-state index contributed by atoms with van der Waals surface area (Å²) < 4.78 is 50.4. The Morgan fingerprint density at radius 2 is 2.04 bits per heavy atom. The van der Waals surface area contributed by atoms with Crippen molar-refractivity contribution in [2.45, 2.75) is 42.8 Å². The van der Waals surface area contributed by atoms with Gasteiger partial charge in [0.15, 0.2) is 5.78 Å². The molecule has 28 heavy (non-hydrogen) atoms. The maximum atomic E-state index is 13.2. The van der Waals surface area contributed by atoms with E-state index in [9.17, 15) is 18.0 Å². The fraction of sp³-hybridized carbons (Fsp3) is 0.650. The van der Waals surface area contributed by atoms with Crippen LogP contribution in [-0.4, -0.2) is 56.4 Å². The first-order valence-corrected chi connectivity index (χ1v) is 10.8. The molecular formula is C20H26F3NO3S. The number of ether oxygens (including phenoxy) is 2. The molecule has 2 aliphatic heterocycles. The molecule has 2 atom stereocenters. The van der Waals surface area contributed by atoms with Gasteiger partial charge in [0.05, 0.1) is 24.8 Å². The monoisotopic (exact) mass is 417 g/mol. The molecule has 2 heterocycles. The number of carbonyl (C=O) groups is 1. The first-order valence-electron chi connectivity index (χ1n) is 9.53. The van der Waals surface area contributed by atoms with E-state index in [0.29, 0.717) is 24.5 Å². The Balaban J connectivity index is 1.86. The highest BCUT2D eigenvalue weighted by atomic mass is 32.2. The second-order valence-corrected chi connectivity index (χ2v) is 8.16. The molecule has 1 aromatic carbocycles. The van der Waals surface area contributed by atoms with Crippen LogP contribution in [0, 0.1) is 5.92 Å². The van der Waals surface area contributed by atoms with E-state index >= 15 is 0 Å². The number of halogens is 3. The van der Waals surface area contributed by atoms with E-state index < -0.39 is 11.7 Å². The summed E-state index contributed by atoms with van der Waals surface area (Å²) in [6.45, 7) is 3.25. The van der Waals surface area contributed by atoms with E-state index in [1.165, 1.54) is 7.11 Å². The fourth-order valence-electron chi connectivity index (χ4n) is 4.17. The molecule has 2 aliphatic rings.